The number of likely N-dealkylation sites (N-methyl/N-ethyl adjacent to an activating group) is 1. The fourth-order valence-corrected chi connectivity index (χ4v) is 2.73. The highest BCUT2D eigenvalue weighted by molar-refractivity contribution is 5.78. The van der Waals surface area contributed by atoms with E-state index in [1.807, 2.05) is 0 Å². The second-order valence-electron chi connectivity index (χ2n) is 6.00. The van der Waals surface area contributed by atoms with Crippen molar-refractivity contribution in [3.05, 3.63) is 29.8 Å². The lowest BCUT2D eigenvalue weighted by atomic mass is 10.1. The number of hydrogen-bond donors (Lipinski definition) is 1. The number of nitrogens with zero attached hydrogens (tertiary/aromatic N) is 2. The van der Waals surface area contributed by atoms with E-state index >= 15 is 0 Å². The van der Waals surface area contributed by atoms with Crippen molar-refractivity contribution in [1.82, 2.24) is 15.1 Å². The van der Waals surface area contributed by atoms with Gasteiger partial charge in [0.25, 0.3) is 0 Å². The van der Waals surface area contributed by atoms with Gasteiger partial charge in [0.15, 0.2) is 0 Å². The van der Waals surface area contributed by atoms with Crippen molar-refractivity contribution in [3.63, 3.8) is 0 Å². The van der Waals surface area contributed by atoms with Crippen molar-refractivity contribution in [2.75, 3.05) is 45.8 Å². The average Bonchev–Trinajstić information content (AvgIpc) is 2.56. The second kappa shape index (κ2) is 9.05. The molecule has 0 saturated carbocycles. The second-order valence-corrected chi connectivity index (χ2v) is 6.00. The van der Waals surface area contributed by atoms with E-state index in [0.717, 1.165) is 38.3 Å². The Balaban J connectivity index is 1.65. The summed E-state index contributed by atoms with van der Waals surface area (Å²) >= 11 is 0. The van der Waals surface area contributed by atoms with E-state index in [9.17, 15) is 18.0 Å². The fraction of sp³-hybridized carbons (Fsp3) is 0.588. The number of benzene rings is 1. The molecule has 140 valence electrons. The number of nitrogens with one attached hydrogen (secondary N) is 1. The van der Waals surface area contributed by atoms with Gasteiger partial charge >= 0.3 is 6.36 Å². The van der Waals surface area contributed by atoms with Gasteiger partial charge in [0.1, 0.15) is 5.75 Å². The van der Waals surface area contributed by atoms with Crippen LogP contribution in [0.2, 0.25) is 0 Å². The van der Waals surface area contributed by atoms with Crippen LogP contribution in [-0.2, 0) is 11.2 Å². The lowest BCUT2D eigenvalue weighted by Crippen LogP contribution is -2.49. The van der Waals surface area contributed by atoms with E-state index in [-0.39, 0.29) is 11.7 Å². The zero-order chi connectivity index (χ0) is 18.3. The maximum absolute atomic E-state index is 12.1. The Morgan fingerprint density at radius 2 is 1.72 bits per heavy atom. The summed E-state index contributed by atoms with van der Waals surface area (Å²) in [5, 5.41) is 2.85. The van der Waals surface area contributed by atoms with E-state index in [0.29, 0.717) is 19.5 Å². The van der Waals surface area contributed by atoms with Crippen LogP contribution < -0.4 is 10.1 Å². The number of alkyl halides is 3. The summed E-state index contributed by atoms with van der Waals surface area (Å²) in [5.74, 6) is -0.270. The maximum Gasteiger partial charge on any atom is 0.573 e. The van der Waals surface area contributed by atoms with Gasteiger partial charge in [-0.25, -0.2) is 0 Å². The molecule has 0 spiro atoms. The van der Waals surface area contributed by atoms with E-state index in [1.165, 1.54) is 12.1 Å². The van der Waals surface area contributed by atoms with Gasteiger partial charge in [-0.15, -0.1) is 13.2 Å². The van der Waals surface area contributed by atoms with Crippen molar-refractivity contribution in [2.45, 2.75) is 19.7 Å². The molecule has 5 nitrogen and oxygen atoms in total. The van der Waals surface area contributed by atoms with Crippen LogP contribution in [0.3, 0.4) is 0 Å². The number of amides is 1. The highest BCUT2D eigenvalue weighted by Crippen LogP contribution is 2.22. The molecule has 1 aliphatic rings. The monoisotopic (exact) mass is 359 g/mol. The lowest BCUT2D eigenvalue weighted by molar-refractivity contribution is -0.274. The van der Waals surface area contributed by atoms with Crippen LogP contribution in [0.1, 0.15) is 12.5 Å². The topological polar surface area (TPSA) is 44.8 Å². The number of hydrogen-bond acceptors (Lipinski definition) is 4. The number of carbonyl (C=O) groups excluding carboxylic acids is 1. The van der Waals surface area contributed by atoms with Crippen LogP contribution in [-0.4, -0.2) is 67.9 Å². The van der Waals surface area contributed by atoms with E-state index in [2.05, 4.69) is 26.8 Å². The molecule has 0 aliphatic carbocycles. The first-order valence-corrected chi connectivity index (χ1v) is 8.42. The highest BCUT2D eigenvalue weighted by Gasteiger charge is 2.30. The van der Waals surface area contributed by atoms with Crippen molar-refractivity contribution < 1.29 is 22.7 Å². The van der Waals surface area contributed by atoms with E-state index < -0.39 is 6.36 Å². The smallest absolute Gasteiger partial charge is 0.406 e. The number of piperazine rings is 1. The number of carbonyl (C=O) groups is 1. The quantitative estimate of drug-likeness (QED) is 0.808. The van der Waals surface area contributed by atoms with Gasteiger partial charge in [-0.1, -0.05) is 19.1 Å². The molecule has 1 aromatic rings. The van der Waals surface area contributed by atoms with Gasteiger partial charge in [-0.2, -0.15) is 0 Å². The van der Waals surface area contributed by atoms with Gasteiger partial charge in [0.2, 0.25) is 5.91 Å². The zero-order valence-electron chi connectivity index (χ0n) is 14.3. The van der Waals surface area contributed by atoms with E-state index in [1.54, 1.807) is 12.1 Å². The first kappa shape index (κ1) is 19.5. The molecule has 1 saturated heterocycles. The van der Waals surface area contributed by atoms with Crippen LogP contribution in [0.25, 0.3) is 0 Å². The summed E-state index contributed by atoms with van der Waals surface area (Å²) in [7, 11) is 0. The van der Waals surface area contributed by atoms with Gasteiger partial charge in [0, 0.05) is 32.7 Å². The zero-order valence-corrected chi connectivity index (χ0v) is 14.3. The molecule has 1 amide bonds. The summed E-state index contributed by atoms with van der Waals surface area (Å²) in [6.07, 6.45) is -4.13. The largest absolute Gasteiger partial charge is 0.573 e. The summed E-state index contributed by atoms with van der Waals surface area (Å²) in [6, 6.07) is 5.68. The average molecular weight is 359 g/mol. The molecule has 8 heteroatoms. The molecule has 25 heavy (non-hydrogen) atoms. The van der Waals surface area contributed by atoms with Crippen molar-refractivity contribution in [2.24, 2.45) is 0 Å². The Kier molecular flexibility index (Phi) is 7.07. The molecular weight excluding hydrogens is 335 g/mol. The minimum absolute atomic E-state index is 0.0260. The van der Waals surface area contributed by atoms with Crippen molar-refractivity contribution >= 4 is 5.91 Å². The summed E-state index contributed by atoms with van der Waals surface area (Å²) in [4.78, 5) is 16.4. The third-order valence-corrected chi connectivity index (χ3v) is 4.17. The van der Waals surface area contributed by atoms with Crippen LogP contribution in [0, 0.1) is 0 Å². The summed E-state index contributed by atoms with van der Waals surface area (Å²) in [5.41, 5.74) is 0.839. The van der Waals surface area contributed by atoms with Crippen LogP contribution in [0.4, 0.5) is 13.2 Å². The molecule has 0 unspecified atom stereocenters. The molecule has 2 rings (SSSR count). The molecule has 1 N–H and O–H groups in total. The Morgan fingerprint density at radius 3 is 2.28 bits per heavy atom. The molecule has 1 aromatic carbocycles. The standard InChI is InChI=1S/C17H24F3N3O2/c1-2-22-9-11-23(12-10-22)13-16(24)21-8-7-14-3-5-15(6-4-14)25-17(18,19)20/h3-6H,2,7-13H2,1H3,(H,21,24). The molecule has 1 fully saturated rings. The number of ether oxygens (including phenoxy) is 1. The normalized spacial score (nSPS) is 16.6. The van der Waals surface area contributed by atoms with Gasteiger partial charge in [-0.3, -0.25) is 9.69 Å². The predicted molar refractivity (Wildman–Crippen MR) is 88.4 cm³/mol. The summed E-state index contributed by atoms with van der Waals surface area (Å²) in [6.45, 7) is 7.75. The van der Waals surface area contributed by atoms with E-state index in [4.69, 9.17) is 0 Å². The lowest BCUT2D eigenvalue weighted by Gasteiger charge is -2.33. The SMILES string of the molecule is CCN1CCN(CC(=O)NCCc2ccc(OC(F)(F)F)cc2)CC1. The third-order valence-electron chi connectivity index (χ3n) is 4.17. The minimum Gasteiger partial charge on any atom is -0.406 e. The Hall–Kier alpha value is -1.80. The first-order valence-electron chi connectivity index (χ1n) is 8.42. The Labute approximate surface area is 145 Å². The van der Waals surface area contributed by atoms with Crippen molar-refractivity contribution in [3.8, 4) is 5.75 Å². The third kappa shape index (κ3) is 7.31. The van der Waals surface area contributed by atoms with Crippen LogP contribution in [0.5, 0.6) is 5.75 Å². The van der Waals surface area contributed by atoms with Gasteiger partial charge in [0.05, 0.1) is 6.54 Å². The van der Waals surface area contributed by atoms with Gasteiger partial charge in [-0.05, 0) is 30.7 Å². The maximum atomic E-state index is 12.1. The molecular formula is C17H24F3N3O2. The van der Waals surface area contributed by atoms with Crippen LogP contribution >= 0.6 is 0 Å². The fourth-order valence-electron chi connectivity index (χ4n) is 2.73. The molecule has 0 radical (unpaired) electrons. The minimum atomic E-state index is -4.68. The first-order chi connectivity index (χ1) is 11.9. The molecule has 1 heterocycles. The molecule has 0 atom stereocenters. The van der Waals surface area contributed by atoms with Gasteiger partial charge < -0.3 is 15.0 Å². The predicted octanol–water partition coefficient (Wildman–Crippen LogP) is 1.88. The Morgan fingerprint density at radius 1 is 1.12 bits per heavy atom. The van der Waals surface area contributed by atoms with Crippen LogP contribution in [0.15, 0.2) is 24.3 Å². The van der Waals surface area contributed by atoms with Crippen molar-refractivity contribution in [1.29, 1.82) is 0 Å². The number of halogens is 3. The Bertz CT molecular complexity index is 541. The highest BCUT2D eigenvalue weighted by atomic mass is 19.4. The summed E-state index contributed by atoms with van der Waals surface area (Å²) < 4.78 is 40.1. The number of rotatable bonds is 7. The molecule has 0 aromatic heterocycles. The molecule has 0 bridgehead atoms. The molecule has 1 aliphatic heterocycles.